The molecule has 0 amide bonds. The summed E-state index contributed by atoms with van der Waals surface area (Å²) in [6.07, 6.45) is 1.23. The Morgan fingerprint density at radius 2 is 2.50 bits per heavy atom. The molecular formula is C12H14BrN3OS. The molecule has 3 heterocycles. The van der Waals surface area contributed by atoms with Crippen molar-refractivity contribution >= 4 is 37.5 Å². The fourth-order valence-corrected chi connectivity index (χ4v) is 3.84. The minimum atomic E-state index is -0.0297. The molecule has 1 saturated heterocycles. The molecule has 0 aliphatic carbocycles. The second-order valence-electron chi connectivity index (χ2n) is 4.91. The van der Waals surface area contributed by atoms with Gasteiger partial charge >= 0.3 is 0 Å². The van der Waals surface area contributed by atoms with Crippen LogP contribution in [0, 0.1) is 5.92 Å². The summed E-state index contributed by atoms with van der Waals surface area (Å²) in [4.78, 5) is 21.7. The fraction of sp³-hybridized carbons (Fsp3) is 0.500. The SMILES string of the molecule is C[C@@H]1CCN(Cc2nc3cc(Br)sc3c(=O)[nH]2)C1. The molecule has 6 heteroatoms. The first kappa shape index (κ1) is 12.3. The van der Waals surface area contributed by atoms with Crippen molar-refractivity contribution in [1.82, 2.24) is 14.9 Å². The normalized spacial score (nSPS) is 20.9. The maximum atomic E-state index is 11.9. The number of rotatable bonds is 2. The molecule has 0 saturated carbocycles. The predicted molar refractivity (Wildman–Crippen MR) is 77.0 cm³/mol. The highest BCUT2D eigenvalue weighted by molar-refractivity contribution is 9.11. The van der Waals surface area contributed by atoms with E-state index in [4.69, 9.17) is 0 Å². The maximum absolute atomic E-state index is 11.9. The number of H-pyrrole nitrogens is 1. The van der Waals surface area contributed by atoms with Gasteiger partial charge < -0.3 is 4.98 Å². The molecule has 18 heavy (non-hydrogen) atoms. The van der Waals surface area contributed by atoms with Crippen molar-refractivity contribution < 1.29 is 0 Å². The van der Waals surface area contributed by atoms with E-state index in [9.17, 15) is 4.79 Å². The van der Waals surface area contributed by atoms with Crippen molar-refractivity contribution in [3.05, 3.63) is 26.0 Å². The molecule has 0 spiro atoms. The number of aromatic nitrogens is 2. The van der Waals surface area contributed by atoms with Crippen LogP contribution in [0.4, 0.5) is 0 Å². The lowest BCUT2D eigenvalue weighted by Crippen LogP contribution is -2.23. The zero-order valence-corrected chi connectivity index (χ0v) is 12.5. The van der Waals surface area contributed by atoms with Crippen molar-refractivity contribution in [2.75, 3.05) is 13.1 Å². The summed E-state index contributed by atoms with van der Waals surface area (Å²) >= 11 is 4.82. The number of aromatic amines is 1. The van der Waals surface area contributed by atoms with Crippen LogP contribution in [-0.2, 0) is 6.54 Å². The largest absolute Gasteiger partial charge is 0.308 e. The number of thiophene rings is 1. The molecule has 96 valence electrons. The molecule has 4 nitrogen and oxygen atoms in total. The molecule has 2 aromatic rings. The third-order valence-electron chi connectivity index (χ3n) is 3.28. The number of hydrogen-bond donors (Lipinski definition) is 1. The van der Waals surface area contributed by atoms with E-state index in [1.54, 1.807) is 0 Å². The molecule has 0 radical (unpaired) electrons. The van der Waals surface area contributed by atoms with Crippen LogP contribution in [0.1, 0.15) is 19.2 Å². The van der Waals surface area contributed by atoms with E-state index in [0.717, 1.165) is 40.7 Å². The Morgan fingerprint density at radius 3 is 3.22 bits per heavy atom. The molecule has 1 N–H and O–H groups in total. The first-order valence-corrected chi connectivity index (χ1v) is 7.63. The lowest BCUT2D eigenvalue weighted by atomic mass is 10.2. The first-order valence-electron chi connectivity index (χ1n) is 6.02. The van der Waals surface area contributed by atoms with Gasteiger partial charge in [0, 0.05) is 6.54 Å². The summed E-state index contributed by atoms with van der Waals surface area (Å²) in [6.45, 7) is 5.18. The molecule has 1 fully saturated rings. The molecule has 2 aromatic heterocycles. The van der Waals surface area contributed by atoms with Crippen LogP contribution in [0.2, 0.25) is 0 Å². The van der Waals surface area contributed by atoms with Gasteiger partial charge in [-0.1, -0.05) is 6.92 Å². The lowest BCUT2D eigenvalue weighted by molar-refractivity contribution is 0.312. The average Bonchev–Trinajstić information content (AvgIpc) is 2.85. The number of hydrogen-bond acceptors (Lipinski definition) is 4. The zero-order valence-electron chi connectivity index (χ0n) is 10.1. The predicted octanol–water partition coefficient (Wildman–Crippen LogP) is 2.59. The first-order chi connectivity index (χ1) is 8.61. The van der Waals surface area contributed by atoms with E-state index in [1.165, 1.54) is 17.8 Å². The van der Waals surface area contributed by atoms with Gasteiger partial charge in [-0.3, -0.25) is 9.69 Å². The minimum Gasteiger partial charge on any atom is -0.308 e. The number of halogens is 1. The van der Waals surface area contributed by atoms with Gasteiger partial charge in [0.15, 0.2) is 0 Å². The standard InChI is InChI=1S/C12H14BrN3OS/c1-7-2-3-16(5-7)6-10-14-8-4-9(13)18-11(8)12(17)15-10/h4,7H,2-3,5-6H2,1H3,(H,14,15,17)/t7-/m1/s1. The van der Waals surface area contributed by atoms with Crippen LogP contribution >= 0.6 is 27.3 Å². The molecule has 0 unspecified atom stereocenters. The Morgan fingerprint density at radius 1 is 1.67 bits per heavy atom. The number of nitrogens with zero attached hydrogens (tertiary/aromatic N) is 2. The van der Waals surface area contributed by atoms with Crippen molar-refractivity contribution in [2.45, 2.75) is 19.9 Å². The molecule has 1 aliphatic rings. The summed E-state index contributed by atoms with van der Waals surface area (Å²) in [5, 5.41) is 0. The maximum Gasteiger partial charge on any atom is 0.268 e. The third kappa shape index (κ3) is 2.37. The zero-order chi connectivity index (χ0) is 12.7. The van der Waals surface area contributed by atoms with Gasteiger partial charge in [-0.25, -0.2) is 4.98 Å². The molecule has 0 bridgehead atoms. The number of likely N-dealkylation sites (tertiary alicyclic amines) is 1. The molecule has 3 rings (SSSR count). The van der Waals surface area contributed by atoms with Gasteiger partial charge in [0.1, 0.15) is 10.5 Å². The monoisotopic (exact) mass is 327 g/mol. The van der Waals surface area contributed by atoms with E-state index in [2.05, 4.69) is 37.7 Å². The Kier molecular flexibility index (Phi) is 3.25. The smallest absolute Gasteiger partial charge is 0.268 e. The van der Waals surface area contributed by atoms with Gasteiger partial charge in [0.05, 0.1) is 15.8 Å². The Labute approximate surface area is 117 Å². The van der Waals surface area contributed by atoms with Gasteiger partial charge in [0.25, 0.3) is 5.56 Å². The quantitative estimate of drug-likeness (QED) is 0.922. The number of nitrogens with one attached hydrogen (secondary N) is 1. The van der Waals surface area contributed by atoms with Gasteiger partial charge in [-0.05, 0) is 40.9 Å². The molecule has 0 aromatic carbocycles. The average molecular weight is 328 g/mol. The summed E-state index contributed by atoms with van der Waals surface area (Å²) in [5.41, 5.74) is 0.760. The summed E-state index contributed by atoms with van der Waals surface area (Å²) in [6, 6.07) is 1.91. The highest BCUT2D eigenvalue weighted by atomic mass is 79.9. The molecule has 1 atom stereocenters. The van der Waals surface area contributed by atoms with Crippen LogP contribution in [0.5, 0.6) is 0 Å². The van der Waals surface area contributed by atoms with Crippen molar-refractivity contribution in [2.24, 2.45) is 5.92 Å². The van der Waals surface area contributed by atoms with E-state index in [-0.39, 0.29) is 5.56 Å². The van der Waals surface area contributed by atoms with Crippen LogP contribution < -0.4 is 5.56 Å². The van der Waals surface area contributed by atoms with E-state index >= 15 is 0 Å². The van der Waals surface area contributed by atoms with Crippen LogP contribution in [-0.4, -0.2) is 28.0 Å². The van der Waals surface area contributed by atoms with Crippen molar-refractivity contribution in [3.63, 3.8) is 0 Å². The second-order valence-corrected chi connectivity index (χ2v) is 7.34. The highest BCUT2D eigenvalue weighted by Crippen LogP contribution is 2.26. The van der Waals surface area contributed by atoms with Gasteiger partial charge in [-0.2, -0.15) is 0 Å². The van der Waals surface area contributed by atoms with Crippen molar-refractivity contribution in [3.8, 4) is 0 Å². The van der Waals surface area contributed by atoms with Gasteiger partial charge in [0.2, 0.25) is 0 Å². The molecular weight excluding hydrogens is 314 g/mol. The Hall–Kier alpha value is -0.720. The fourth-order valence-electron chi connectivity index (χ4n) is 2.42. The Balaban J connectivity index is 1.90. The van der Waals surface area contributed by atoms with E-state index < -0.39 is 0 Å². The topological polar surface area (TPSA) is 49.0 Å². The Bertz CT molecular complexity index is 636. The highest BCUT2D eigenvalue weighted by Gasteiger charge is 2.19. The molecule has 1 aliphatic heterocycles. The minimum absolute atomic E-state index is 0.0297. The summed E-state index contributed by atoms with van der Waals surface area (Å²) in [7, 11) is 0. The number of fused-ring (bicyclic) bond motifs is 1. The lowest BCUT2D eigenvalue weighted by Gasteiger charge is -2.13. The van der Waals surface area contributed by atoms with Crippen molar-refractivity contribution in [1.29, 1.82) is 0 Å². The van der Waals surface area contributed by atoms with Crippen LogP contribution in [0.25, 0.3) is 10.2 Å². The third-order valence-corrected chi connectivity index (χ3v) is 4.91. The second kappa shape index (κ2) is 4.75. The van der Waals surface area contributed by atoms with E-state index in [0.29, 0.717) is 4.70 Å². The summed E-state index contributed by atoms with van der Waals surface area (Å²) in [5.74, 6) is 1.52. The van der Waals surface area contributed by atoms with E-state index in [1.807, 2.05) is 6.07 Å². The van der Waals surface area contributed by atoms with Crippen LogP contribution in [0.3, 0.4) is 0 Å². The van der Waals surface area contributed by atoms with Crippen LogP contribution in [0.15, 0.2) is 14.6 Å². The summed E-state index contributed by atoms with van der Waals surface area (Å²) < 4.78 is 1.64. The van der Waals surface area contributed by atoms with Gasteiger partial charge in [-0.15, -0.1) is 11.3 Å².